The van der Waals surface area contributed by atoms with Gasteiger partial charge < -0.3 is 15.0 Å². The number of ether oxygens (including phenoxy) is 1. The van der Waals surface area contributed by atoms with Gasteiger partial charge in [0.05, 0.1) is 6.61 Å². The topological polar surface area (TPSA) is 41.6 Å². The van der Waals surface area contributed by atoms with Crippen LogP contribution in [0.5, 0.6) is 0 Å². The number of carbonyl (C=O) groups is 1. The molecule has 1 N–H and O–H groups in total. The number of nitrogens with one attached hydrogen (secondary N) is 1. The Morgan fingerprint density at radius 1 is 1.29 bits per heavy atom. The van der Waals surface area contributed by atoms with Crippen LogP contribution in [-0.4, -0.2) is 43.8 Å². The Labute approximate surface area is 104 Å². The molecule has 2 aliphatic rings. The van der Waals surface area contributed by atoms with Crippen molar-refractivity contribution in [2.75, 3.05) is 32.8 Å². The molecule has 2 rings (SSSR count). The zero-order valence-electron chi connectivity index (χ0n) is 10.8. The molecule has 1 amide bonds. The van der Waals surface area contributed by atoms with E-state index in [1.165, 1.54) is 25.9 Å². The SMILES string of the molecule is CCOC(=O)N1CCC(C2CCCNC2)CC1. The lowest BCUT2D eigenvalue weighted by atomic mass is 9.80. The third kappa shape index (κ3) is 3.35. The fourth-order valence-corrected chi connectivity index (χ4v) is 3.05. The molecule has 0 bridgehead atoms. The third-order valence-electron chi connectivity index (χ3n) is 4.07. The van der Waals surface area contributed by atoms with E-state index in [0.717, 1.165) is 37.8 Å². The van der Waals surface area contributed by atoms with Crippen molar-refractivity contribution >= 4 is 6.09 Å². The van der Waals surface area contributed by atoms with Crippen molar-refractivity contribution < 1.29 is 9.53 Å². The largest absolute Gasteiger partial charge is 0.450 e. The third-order valence-corrected chi connectivity index (χ3v) is 4.07. The summed E-state index contributed by atoms with van der Waals surface area (Å²) in [6.45, 7) is 6.44. The lowest BCUT2D eigenvalue weighted by Crippen LogP contribution is -2.43. The minimum atomic E-state index is -0.132. The monoisotopic (exact) mass is 240 g/mol. The van der Waals surface area contributed by atoms with Crippen molar-refractivity contribution in [3.05, 3.63) is 0 Å². The van der Waals surface area contributed by atoms with Gasteiger partial charge in [-0.3, -0.25) is 0 Å². The Morgan fingerprint density at radius 2 is 2.06 bits per heavy atom. The average molecular weight is 240 g/mol. The first-order valence-electron chi connectivity index (χ1n) is 6.93. The highest BCUT2D eigenvalue weighted by Crippen LogP contribution is 2.29. The molecule has 4 nitrogen and oxygen atoms in total. The van der Waals surface area contributed by atoms with Gasteiger partial charge in [-0.2, -0.15) is 0 Å². The second-order valence-corrected chi connectivity index (χ2v) is 5.13. The first-order chi connectivity index (χ1) is 8.31. The van der Waals surface area contributed by atoms with Crippen LogP contribution < -0.4 is 5.32 Å². The number of piperidine rings is 2. The van der Waals surface area contributed by atoms with Gasteiger partial charge in [0.25, 0.3) is 0 Å². The molecule has 1 unspecified atom stereocenters. The fourth-order valence-electron chi connectivity index (χ4n) is 3.05. The Hall–Kier alpha value is -0.770. The second kappa shape index (κ2) is 6.24. The molecule has 2 aliphatic heterocycles. The maximum atomic E-state index is 11.6. The van der Waals surface area contributed by atoms with Gasteiger partial charge >= 0.3 is 6.09 Å². The van der Waals surface area contributed by atoms with Gasteiger partial charge in [-0.15, -0.1) is 0 Å². The molecule has 4 heteroatoms. The van der Waals surface area contributed by atoms with Crippen molar-refractivity contribution in [1.29, 1.82) is 0 Å². The van der Waals surface area contributed by atoms with Crippen LogP contribution in [0.15, 0.2) is 0 Å². The van der Waals surface area contributed by atoms with Gasteiger partial charge in [0.1, 0.15) is 0 Å². The highest BCUT2D eigenvalue weighted by atomic mass is 16.6. The van der Waals surface area contributed by atoms with E-state index in [1.807, 2.05) is 11.8 Å². The van der Waals surface area contributed by atoms with Crippen molar-refractivity contribution in [2.24, 2.45) is 11.8 Å². The summed E-state index contributed by atoms with van der Waals surface area (Å²) in [5.74, 6) is 1.63. The zero-order chi connectivity index (χ0) is 12.1. The van der Waals surface area contributed by atoms with E-state index in [1.54, 1.807) is 0 Å². The van der Waals surface area contributed by atoms with Crippen molar-refractivity contribution in [3.8, 4) is 0 Å². The van der Waals surface area contributed by atoms with Gasteiger partial charge in [0, 0.05) is 13.1 Å². The maximum Gasteiger partial charge on any atom is 0.409 e. The predicted molar refractivity (Wildman–Crippen MR) is 66.9 cm³/mol. The summed E-state index contributed by atoms with van der Waals surface area (Å²) in [4.78, 5) is 13.4. The van der Waals surface area contributed by atoms with E-state index in [9.17, 15) is 4.79 Å². The number of hydrogen-bond donors (Lipinski definition) is 1. The molecule has 98 valence electrons. The average Bonchev–Trinajstić information content (AvgIpc) is 2.40. The molecule has 2 saturated heterocycles. The van der Waals surface area contributed by atoms with Crippen LogP contribution in [0.1, 0.15) is 32.6 Å². The standard InChI is InChI=1S/C13H24N2O2/c1-2-17-13(16)15-8-5-11(6-9-15)12-4-3-7-14-10-12/h11-12,14H,2-10H2,1H3. The summed E-state index contributed by atoms with van der Waals surface area (Å²) in [5, 5.41) is 3.48. The molecule has 0 aromatic carbocycles. The molecule has 1 atom stereocenters. The highest BCUT2D eigenvalue weighted by Gasteiger charge is 2.29. The number of hydrogen-bond acceptors (Lipinski definition) is 3. The van der Waals surface area contributed by atoms with E-state index < -0.39 is 0 Å². The van der Waals surface area contributed by atoms with Crippen LogP contribution in [0, 0.1) is 11.8 Å². The molecule has 2 fully saturated rings. The number of likely N-dealkylation sites (tertiary alicyclic amines) is 1. The molecular weight excluding hydrogens is 216 g/mol. The Kier molecular flexibility index (Phi) is 4.66. The van der Waals surface area contributed by atoms with Gasteiger partial charge in [0.2, 0.25) is 0 Å². The van der Waals surface area contributed by atoms with Crippen LogP contribution in [0.3, 0.4) is 0 Å². The van der Waals surface area contributed by atoms with Crippen LogP contribution in [0.2, 0.25) is 0 Å². The number of carbonyl (C=O) groups excluding carboxylic acids is 1. The van der Waals surface area contributed by atoms with Gasteiger partial charge in [-0.25, -0.2) is 4.79 Å². The van der Waals surface area contributed by atoms with E-state index in [2.05, 4.69) is 5.32 Å². The van der Waals surface area contributed by atoms with Gasteiger partial charge in [0.15, 0.2) is 0 Å². The van der Waals surface area contributed by atoms with Crippen molar-refractivity contribution in [3.63, 3.8) is 0 Å². The lowest BCUT2D eigenvalue weighted by Gasteiger charge is -2.37. The minimum Gasteiger partial charge on any atom is -0.450 e. The molecule has 2 heterocycles. The normalized spacial score (nSPS) is 26.9. The number of amides is 1. The van der Waals surface area contributed by atoms with E-state index in [4.69, 9.17) is 4.74 Å². The first kappa shape index (κ1) is 12.7. The predicted octanol–water partition coefficient (Wildman–Crippen LogP) is 1.85. The van der Waals surface area contributed by atoms with E-state index >= 15 is 0 Å². The van der Waals surface area contributed by atoms with Crippen molar-refractivity contribution in [1.82, 2.24) is 10.2 Å². The summed E-state index contributed by atoms with van der Waals surface area (Å²) in [5.41, 5.74) is 0. The van der Waals surface area contributed by atoms with Gasteiger partial charge in [-0.1, -0.05) is 0 Å². The smallest absolute Gasteiger partial charge is 0.409 e. The summed E-state index contributed by atoms with van der Waals surface area (Å²) < 4.78 is 5.04. The Balaban J connectivity index is 1.75. The lowest BCUT2D eigenvalue weighted by molar-refractivity contribution is 0.0811. The summed E-state index contributed by atoms with van der Waals surface area (Å²) in [7, 11) is 0. The summed E-state index contributed by atoms with van der Waals surface area (Å²) in [6, 6.07) is 0. The van der Waals surface area contributed by atoms with Crippen LogP contribution in [-0.2, 0) is 4.74 Å². The zero-order valence-corrected chi connectivity index (χ0v) is 10.8. The van der Waals surface area contributed by atoms with E-state index in [-0.39, 0.29) is 6.09 Å². The molecule has 0 aromatic rings. The van der Waals surface area contributed by atoms with Gasteiger partial charge in [-0.05, 0) is 57.5 Å². The quantitative estimate of drug-likeness (QED) is 0.801. The Morgan fingerprint density at radius 3 is 2.65 bits per heavy atom. The number of nitrogens with zero attached hydrogens (tertiary/aromatic N) is 1. The minimum absolute atomic E-state index is 0.132. The molecule has 0 radical (unpaired) electrons. The highest BCUT2D eigenvalue weighted by molar-refractivity contribution is 5.67. The molecule has 0 saturated carbocycles. The maximum absolute atomic E-state index is 11.6. The van der Waals surface area contributed by atoms with Crippen LogP contribution >= 0.6 is 0 Å². The Bertz CT molecular complexity index is 244. The second-order valence-electron chi connectivity index (χ2n) is 5.13. The van der Waals surface area contributed by atoms with Crippen LogP contribution in [0.4, 0.5) is 4.79 Å². The van der Waals surface area contributed by atoms with Crippen LogP contribution in [0.25, 0.3) is 0 Å². The van der Waals surface area contributed by atoms with E-state index in [0.29, 0.717) is 6.61 Å². The van der Waals surface area contributed by atoms with Crippen molar-refractivity contribution in [2.45, 2.75) is 32.6 Å². The molecule has 0 aliphatic carbocycles. The molecular formula is C13H24N2O2. The molecule has 0 aromatic heterocycles. The molecule has 0 spiro atoms. The summed E-state index contributed by atoms with van der Waals surface area (Å²) >= 11 is 0. The fraction of sp³-hybridized carbons (Fsp3) is 0.923. The first-order valence-corrected chi connectivity index (χ1v) is 6.93. The summed E-state index contributed by atoms with van der Waals surface area (Å²) in [6.07, 6.45) is 4.82. The molecule has 17 heavy (non-hydrogen) atoms. The number of rotatable bonds is 2.